The number of carbonyl (C=O) groups is 1. The fraction of sp³-hybridized carbons (Fsp3) is 0.696. The Morgan fingerprint density at radius 1 is 1.38 bits per heavy atom. The number of imidazole rings is 1. The van der Waals surface area contributed by atoms with Crippen LogP contribution in [0.25, 0.3) is 11.2 Å². The minimum absolute atomic E-state index is 0.0158. The van der Waals surface area contributed by atoms with Gasteiger partial charge in [-0.3, -0.25) is 24.5 Å². The SMILES string of the molecule is CC(C)C(=O)Nc1nc2c(ncn2[C@@H]2O[C@H](CO)[C@@H](O[Si](C)(C)C(C)(C)C)[C@H]2O[P+](=O)OCCC#N)c(=O)[nH]1. The van der Waals surface area contributed by atoms with Gasteiger partial charge in [0.15, 0.2) is 31.8 Å². The standard InChI is InChI=1S/C23H35N6O8PSi/c1-13(2)19(31)27-22-26-18-15(20(32)28-22)25-12-29(18)21-17(36-38(33)34-10-8-9-24)16(14(11-30)35-21)37-39(6,7)23(3,4)5/h12-14,16-17,21,30H,8,10-11H2,1-7H3,(H-,26,27,28,31,32)/p+1/t14-,16-,17-,21-/m1/s1. The van der Waals surface area contributed by atoms with Crippen LogP contribution in [0.15, 0.2) is 11.1 Å². The van der Waals surface area contributed by atoms with Crippen molar-refractivity contribution in [1.82, 2.24) is 19.5 Å². The molecule has 2 aromatic rings. The maximum absolute atomic E-state index is 12.7. The largest absolute Gasteiger partial charge is 0.697 e. The van der Waals surface area contributed by atoms with Gasteiger partial charge < -0.3 is 14.3 Å². The summed E-state index contributed by atoms with van der Waals surface area (Å²) in [5.41, 5.74) is -0.544. The first-order chi connectivity index (χ1) is 18.2. The lowest BCUT2D eigenvalue weighted by Crippen LogP contribution is -2.50. The number of aliphatic hydroxyl groups is 1. The van der Waals surface area contributed by atoms with Crippen molar-refractivity contribution in [3.8, 4) is 6.07 Å². The van der Waals surface area contributed by atoms with E-state index in [1.165, 1.54) is 10.9 Å². The third-order valence-electron chi connectivity index (χ3n) is 6.79. The van der Waals surface area contributed by atoms with E-state index in [2.05, 4.69) is 20.3 Å². The van der Waals surface area contributed by atoms with Gasteiger partial charge in [-0.15, -0.1) is 9.05 Å². The molecule has 16 heteroatoms. The summed E-state index contributed by atoms with van der Waals surface area (Å²) in [5, 5.41) is 21.3. The molecule has 3 rings (SSSR count). The van der Waals surface area contributed by atoms with Gasteiger partial charge in [0.2, 0.25) is 11.9 Å². The Morgan fingerprint density at radius 3 is 2.67 bits per heavy atom. The lowest BCUT2D eigenvalue weighted by Gasteiger charge is -2.39. The van der Waals surface area contributed by atoms with Crippen molar-refractivity contribution < 1.29 is 32.7 Å². The Morgan fingerprint density at radius 2 is 2.08 bits per heavy atom. The molecule has 0 saturated carbocycles. The van der Waals surface area contributed by atoms with Crippen LogP contribution >= 0.6 is 8.25 Å². The van der Waals surface area contributed by atoms with E-state index in [1.54, 1.807) is 13.8 Å². The molecule has 1 saturated heterocycles. The van der Waals surface area contributed by atoms with Crippen LogP contribution in [0, 0.1) is 17.2 Å². The summed E-state index contributed by atoms with van der Waals surface area (Å²) in [6.45, 7) is 13.0. The van der Waals surface area contributed by atoms with E-state index < -0.39 is 53.3 Å². The van der Waals surface area contributed by atoms with Gasteiger partial charge in [0.05, 0.1) is 25.4 Å². The van der Waals surface area contributed by atoms with Gasteiger partial charge >= 0.3 is 8.25 Å². The van der Waals surface area contributed by atoms with Crippen LogP contribution in [0.3, 0.4) is 0 Å². The number of hydrogen-bond acceptors (Lipinski definition) is 11. The number of H-pyrrole nitrogens is 1. The molecule has 0 radical (unpaired) electrons. The average molecular weight is 584 g/mol. The van der Waals surface area contributed by atoms with Crippen LogP contribution in [0.5, 0.6) is 0 Å². The van der Waals surface area contributed by atoms with Crippen molar-refractivity contribution in [2.24, 2.45) is 5.92 Å². The number of hydrogen-bond donors (Lipinski definition) is 3. The van der Waals surface area contributed by atoms with Crippen LogP contribution in [-0.4, -0.2) is 70.4 Å². The summed E-state index contributed by atoms with van der Waals surface area (Å²) in [4.78, 5) is 35.9. The molecule has 0 spiro atoms. The number of amides is 1. The molecular formula is C23H36N6O8PSi+. The normalized spacial score (nSPS) is 22.3. The van der Waals surface area contributed by atoms with Crippen molar-refractivity contribution >= 4 is 39.6 Å². The molecule has 1 amide bonds. The maximum atomic E-state index is 12.7. The highest BCUT2D eigenvalue weighted by atomic mass is 31.1. The number of nitrogens with one attached hydrogen (secondary N) is 2. The Labute approximate surface area is 228 Å². The molecule has 0 aromatic carbocycles. The minimum atomic E-state index is -2.71. The Hall–Kier alpha value is -2.57. The lowest BCUT2D eigenvalue weighted by molar-refractivity contribution is -0.118. The molecule has 1 fully saturated rings. The summed E-state index contributed by atoms with van der Waals surface area (Å²) < 4.78 is 37.9. The quantitative estimate of drug-likeness (QED) is 0.200. The molecule has 0 bridgehead atoms. The van der Waals surface area contributed by atoms with Gasteiger partial charge in [0.25, 0.3) is 5.56 Å². The highest BCUT2D eigenvalue weighted by Crippen LogP contribution is 2.45. The predicted octanol–water partition coefficient (Wildman–Crippen LogP) is 2.97. The highest BCUT2D eigenvalue weighted by Gasteiger charge is 2.55. The minimum Gasteiger partial charge on any atom is -0.408 e. The van der Waals surface area contributed by atoms with Crippen molar-refractivity contribution in [2.45, 2.75) is 83.7 Å². The Balaban J connectivity index is 2.06. The number of carbonyl (C=O) groups excluding carboxylic acids is 1. The average Bonchev–Trinajstić information content (AvgIpc) is 3.40. The first-order valence-electron chi connectivity index (χ1n) is 12.6. The second-order valence-corrected chi connectivity index (χ2v) is 16.7. The maximum Gasteiger partial charge on any atom is 0.697 e. The molecule has 3 N–H and O–H groups in total. The van der Waals surface area contributed by atoms with Gasteiger partial charge in [0, 0.05) is 10.5 Å². The zero-order valence-electron chi connectivity index (χ0n) is 23.1. The number of aromatic nitrogens is 4. The van der Waals surface area contributed by atoms with E-state index in [-0.39, 0.29) is 47.0 Å². The monoisotopic (exact) mass is 583 g/mol. The number of nitriles is 1. The molecule has 2 aromatic heterocycles. The molecular weight excluding hydrogens is 547 g/mol. The molecule has 1 aliphatic heterocycles. The summed E-state index contributed by atoms with van der Waals surface area (Å²) in [5.74, 6) is -0.790. The van der Waals surface area contributed by atoms with Crippen molar-refractivity contribution in [3.05, 3.63) is 16.7 Å². The number of nitrogens with zero attached hydrogens (tertiary/aromatic N) is 4. The number of aromatic amines is 1. The van der Waals surface area contributed by atoms with Crippen molar-refractivity contribution in [3.63, 3.8) is 0 Å². The van der Waals surface area contributed by atoms with E-state index in [9.17, 15) is 19.3 Å². The first-order valence-corrected chi connectivity index (χ1v) is 16.6. The smallest absolute Gasteiger partial charge is 0.408 e. The van der Waals surface area contributed by atoms with Gasteiger partial charge in [-0.2, -0.15) is 10.2 Å². The fourth-order valence-electron chi connectivity index (χ4n) is 3.58. The number of aliphatic hydroxyl groups excluding tert-OH is 1. The molecule has 1 aliphatic rings. The molecule has 0 aliphatic carbocycles. The second-order valence-electron chi connectivity index (χ2n) is 11.0. The van der Waals surface area contributed by atoms with Crippen LogP contribution in [0.2, 0.25) is 18.1 Å². The number of anilines is 1. The van der Waals surface area contributed by atoms with Crippen LogP contribution in [0.4, 0.5) is 5.95 Å². The van der Waals surface area contributed by atoms with E-state index in [0.717, 1.165) is 0 Å². The summed E-state index contributed by atoms with van der Waals surface area (Å²) in [6.07, 6.45) is -2.57. The zero-order chi connectivity index (χ0) is 29.1. The van der Waals surface area contributed by atoms with E-state index in [1.807, 2.05) is 39.9 Å². The van der Waals surface area contributed by atoms with Crippen molar-refractivity contribution in [1.29, 1.82) is 5.26 Å². The van der Waals surface area contributed by atoms with Crippen LogP contribution < -0.4 is 10.9 Å². The number of rotatable bonds is 11. The number of fused-ring (bicyclic) bond motifs is 1. The first kappa shape index (κ1) is 31.0. The molecule has 3 heterocycles. The third kappa shape index (κ3) is 6.96. The van der Waals surface area contributed by atoms with Crippen LogP contribution in [-0.2, 0) is 27.6 Å². The van der Waals surface area contributed by atoms with Gasteiger partial charge in [0.1, 0.15) is 18.8 Å². The topological polar surface area (TPSA) is 191 Å². The highest BCUT2D eigenvalue weighted by molar-refractivity contribution is 7.33. The van der Waals surface area contributed by atoms with E-state index >= 15 is 0 Å². The molecule has 214 valence electrons. The van der Waals surface area contributed by atoms with Gasteiger partial charge in [-0.1, -0.05) is 34.6 Å². The predicted molar refractivity (Wildman–Crippen MR) is 143 cm³/mol. The molecule has 1 unspecified atom stereocenters. The third-order valence-corrected chi connectivity index (χ3v) is 12.1. The zero-order valence-corrected chi connectivity index (χ0v) is 25.0. The molecule has 5 atom stereocenters. The molecule has 14 nitrogen and oxygen atoms in total. The Bertz CT molecular complexity index is 1300. The fourth-order valence-corrected chi connectivity index (χ4v) is 5.62. The summed E-state index contributed by atoms with van der Waals surface area (Å²) in [6, 6.07) is 1.90. The lowest BCUT2D eigenvalue weighted by atomic mass is 10.1. The van der Waals surface area contributed by atoms with E-state index in [0.29, 0.717) is 0 Å². The second kappa shape index (κ2) is 12.3. The van der Waals surface area contributed by atoms with E-state index in [4.69, 9.17) is 23.5 Å². The Kier molecular flexibility index (Phi) is 9.76. The van der Waals surface area contributed by atoms with Gasteiger partial charge in [-0.25, -0.2) is 4.98 Å². The summed E-state index contributed by atoms with van der Waals surface area (Å²) >= 11 is 0. The van der Waals surface area contributed by atoms with Crippen LogP contribution in [0.1, 0.15) is 47.3 Å². The van der Waals surface area contributed by atoms with Gasteiger partial charge in [-0.05, 0) is 18.1 Å². The van der Waals surface area contributed by atoms with Crippen molar-refractivity contribution in [2.75, 3.05) is 18.5 Å². The molecule has 39 heavy (non-hydrogen) atoms. The summed E-state index contributed by atoms with van der Waals surface area (Å²) in [7, 11) is -5.17. The number of ether oxygens (including phenoxy) is 1.